The van der Waals surface area contributed by atoms with Gasteiger partial charge in [0, 0.05) is 12.2 Å². The van der Waals surface area contributed by atoms with Gasteiger partial charge in [-0.25, -0.2) is 0 Å². The summed E-state index contributed by atoms with van der Waals surface area (Å²) in [7, 11) is 1.63. The highest BCUT2D eigenvalue weighted by atomic mass is 32.2. The lowest BCUT2D eigenvalue weighted by Gasteiger charge is -2.19. The van der Waals surface area contributed by atoms with Crippen LogP contribution in [0.5, 0.6) is 11.5 Å². The maximum atomic E-state index is 12.9. The van der Waals surface area contributed by atoms with Crippen LogP contribution in [-0.4, -0.2) is 33.0 Å². The molecule has 176 valence electrons. The van der Waals surface area contributed by atoms with Crippen LogP contribution in [0.1, 0.15) is 46.0 Å². The van der Waals surface area contributed by atoms with Crippen molar-refractivity contribution in [3.8, 4) is 11.5 Å². The molecule has 8 heteroatoms. The minimum Gasteiger partial charge on any atom is -0.497 e. The van der Waals surface area contributed by atoms with Crippen LogP contribution in [-0.2, 0) is 11.3 Å². The van der Waals surface area contributed by atoms with Crippen LogP contribution < -0.4 is 14.8 Å². The van der Waals surface area contributed by atoms with Crippen LogP contribution in [0.4, 0.5) is 5.69 Å². The summed E-state index contributed by atoms with van der Waals surface area (Å²) in [5.74, 6) is 2.57. The summed E-state index contributed by atoms with van der Waals surface area (Å²) < 4.78 is 13.4. The molecular weight excluding hydrogens is 436 g/mol. The topological polar surface area (TPSA) is 78.3 Å². The number of rotatable bonds is 11. The van der Waals surface area contributed by atoms with E-state index in [4.69, 9.17) is 9.47 Å². The number of thioether (sulfide) groups is 1. The zero-order valence-electron chi connectivity index (χ0n) is 19.8. The Kier molecular flexibility index (Phi) is 8.77. The zero-order valence-corrected chi connectivity index (χ0v) is 20.6. The molecular formula is C25H32N4O3S. The summed E-state index contributed by atoms with van der Waals surface area (Å²) in [5, 5.41) is 12.3. The SMILES string of the molecule is CCC(Sc1nnc(C(C)Oc2ccc(OC)cc2)n1CC(C)C)C(=O)Nc1ccccc1. The number of nitrogens with zero attached hydrogens (tertiary/aromatic N) is 3. The number of benzene rings is 2. The number of para-hydroxylation sites is 1. The highest BCUT2D eigenvalue weighted by molar-refractivity contribution is 8.00. The van der Waals surface area contributed by atoms with E-state index in [-0.39, 0.29) is 17.3 Å². The van der Waals surface area contributed by atoms with E-state index in [9.17, 15) is 4.79 Å². The first-order chi connectivity index (χ1) is 15.9. The van der Waals surface area contributed by atoms with Crippen molar-refractivity contribution in [2.24, 2.45) is 5.92 Å². The number of hydrogen-bond acceptors (Lipinski definition) is 6. The van der Waals surface area contributed by atoms with Gasteiger partial charge in [0.15, 0.2) is 17.1 Å². The van der Waals surface area contributed by atoms with Crippen LogP contribution in [0.15, 0.2) is 59.8 Å². The van der Waals surface area contributed by atoms with Crippen molar-refractivity contribution in [2.75, 3.05) is 12.4 Å². The van der Waals surface area contributed by atoms with E-state index in [1.807, 2.05) is 68.4 Å². The first-order valence-electron chi connectivity index (χ1n) is 11.2. The molecule has 0 aliphatic rings. The van der Waals surface area contributed by atoms with Crippen LogP contribution >= 0.6 is 11.8 Å². The lowest BCUT2D eigenvalue weighted by molar-refractivity contribution is -0.115. The van der Waals surface area contributed by atoms with Gasteiger partial charge in [-0.05, 0) is 55.7 Å². The second-order valence-corrected chi connectivity index (χ2v) is 9.32. The molecule has 0 saturated heterocycles. The highest BCUT2D eigenvalue weighted by Gasteiger charge is 2.25. The van der Waals surface area contributed by atoms with Gasteiger partial charge in [0.05, 0.1) is 12.4 Å². The Morgan fingerprint density at radius 2 is 1.70 bits per heavy atom. The van der Waals surface area contributed by atoms with Crippen LogP contribution in [0, 0.1) is 5.92 Å². The second kappa shape index (κ2) is 11.7. The van der Waals surface area contributed by atoms with E-state index in [0.29, 0.717) is 12.3 Å². The highest BCUT2D eigenvalue weighted by Crippen LogP contribution is 2.30. The van der Waals surface area contributed by atoms with E-state index >= 15 is 0 Å². The Morgan fingerprint density at radius 3 is 2.30 bits per heavy atom. The van der Waals surface area contributed by atoms with Crippen molar-refractivity contribution >= 4 is 23.4 Å². The van der Waals surface area contributed by atoms with Crippen molar-refractivity contribution in [1.82, 2.24) is 14.8 Å². The predicted molar refractivity (Wildman–Crippen MR) is 132 cm³/mol. The number of hydrogen-bond donors (Lipinski definition) is 1. The Bertz CT molecular complexity index is 1020. The Labute approximate surface area is 199 Å². The van der Waals surface area contributed by atoms with E-state index in [1.165, 1.54) is 11.8 Å². The molecule has 0 radical (unpaired) electrons. The van der Waals surface area contributed by atoms with Gasteiger partial charge >= 0.3 is 0 Å². The van der Waals surface area contributed by atoms with E-state index in [2.05, 4.69) is 33.9 Å². The minimum absolute atomic E-state index is 0.0446. The number of ether oxygens (including phenoxy) is 2. The van der Waals surface area contributed by atoms with E-state index in [0.717, 1.165) is 34.7 Å². The maximum absolute atomic E-state index is 12.9. The Morgan fingerprint density at radius 1 is 1.03 bits per heavy atom. The second-order valence-electron chi connectivity index (χ2n) is 8.15. The largest absolute Gasteiger partial charge is 0.497 e. The molecule has 1 N–H and O–H groups in total. The van der Waals surface area contributed by atoms with Crippen molar-refractivity contribution < 1.29 is 14.3 Å². The molecule has 0 aliphatic heterocycles. The molecule has 0 bridgehead atoms. The van der Waals surface area contributed by atoms with Crippen LogP contribution in [0.2, 0.25) is 0 Å². The first kappa shape index (κ1) is 24.6. The predicted octanol–water partition coefficient (Wildman–Crippen LogP) is 5.59. The zero-order chi connectivity index (χ0) is 23.8. The third-order valence-corrected chi connectivity index (χ3v) is 6.33. The number of anilines is 1. The molecule has 3 aromatic rings. The van der Waals surface area contributed by atoms with Gasteiger partial charge in [-0.2, -0.15) is 0 Å². The lowest BCUT2D eigenvalue weighted by Crippen LogP contribution is -2.25. The number of aromatic nitrogens is 3. The summed E-state index contributed by atoms with van der Waals surface area (Å²) in [5.41, 5.74) is 0.785. The summed E-state index contributed by atoms with van der Waals surface area (Å²) >= 11 is 1.44. The average molecular weight is 469 g/mol. The molecule has 2 unspecified atom stereocenters. The first-order valence-corrected chi connectivity index (χ1v) is 12.1. The number of carbonyl (C=O) groups excluding carboxylic acids is 1. The van der Waals surface area contributed by atoms with Crippen molar-refractivity contribution in [2.45, 2.75) is 57.2 Å². The van der Waals surface area contributed by atoms with Gasteiger partial charge in [-0.15, -0.1) is 10.2 Å². The number of amides is 1. The average Bonchev–Trinajstić information content (AvgIpc) is 3.20. The quantitative estimate of drug-likeness (QED) is 0.370. The summed E-state index contributed by atoms with van der Waals surface area (Å²) in [6.07, 6.45) is 0.364. The third kappa shape index (κ3) is 6.74. The normalized spacial score (nSPS) is 12.9. The maximum Gasteiger partial charge on any atom is 0.237 e. The fourth-order valence-corrected chi connectivity index (χ4v) is 4.30. The van der Waals surface area contributed by atoms with E-state index < -0.39 is 0 Å². The van der Waals surface area contributed by atoms with Gasteiger partial charge in [0.25, 0.3) is 0 Å². The molecule has 3 rings (SSSR count). The Hall–Kier alpha value is -3.00. The summed E-state index contributed by atoms with van der Waals surface area (Å²) in [6, 6.07) is 17.0. The minimum atomic E-state index is -0.308. The summed E-state index contributed by atoms with van der Waals surface area (Å²) in [4.78, 5) is 12.9. The molecule has 1 aromatic heterocycles. The van der Waals surface area contributed by atoms with Gasteiger partial charge in [0.2, 0.25) is 5.91 Å². The van der Waals surface area contributed by atoms with Gasteiger partial charge in [-0.3, -0.25) is 4.79 Å². The molecule has 0 fully saturated rings. The van der Waals surface area contributed by atoms with Gasteiger partial charge in [-0.1, -0.05) is 50.7 Å². The van der Waals surface area contributed by atoms with Gasteiger partial charge in [0.1, 0.15) is 11.5 Å². The fraction of sp³-hybridized carbons (Fsp3) is 0.400. The molecule has 7 nitrogen and oxygen atoms in total. The third-order valence-electron chi connectivity index (χ3n) is 4.98. The molecule has 2 atom stereocenters. The molecule has 2 aromatic carbocycles. The fourth-order valence-electron chi connectivity index (χ4n) is 3.33. The number of methoxy groups -OCH3 is 1. The standard InChI is InChI=1S/C25H32N4O3S/c1-6-22(24(30)26-19-10-8-7-9-11-19)33-25-28-27-23(29(25)16-17(2)3)18(4)32-21-14-12-20(31-5)13-15-21/h7-15,17-18,22H,6,16H2,1-5H3,(H,26,30). The van der Waals surface area contributed by atoms with Crippen LogP contribution in [0.3, 0.4) is 0 Å². The van der Waals surface area contributed by atoms with Crippen LogP contribution in [0.25, 0.3) is 0 Å². The molecule has 0 saturated carbocycles. The monoisotopic (exact) mass is 468 g/mol. The smallest absolute Gasteiger partial charge is 0.237 e. The van der Waals surface area contributed by atoms with Crippen molar-refractivity contribution in [1.29, 1.82) is 0 Å². The van der Waals surface area contributed by atoms with E-state index in [1.54, 1.807) is 7.11 Å². The Balaban J connectivity index is 1.77. The molecule has 33 heavy (non-hydrogen) atoms. The molecule has 0 aliphatic carbocycles. The number of carbonyl (C=O) groups is 1. The van der Waals surface area contributed by atoms with Crippen molar-refractivity contribution in [3.63, 3.8) is 0 Å². The van der Waals surface area contributed by atoms with Crippen molar-refractivity contribution in [3.05, 3.63) is 60.4 Å². The molecule has 1 heterocycles. The van der Waals surface area contributed by atoms with Gasteiger partial charge < -0.3 is 19.4 Å². The molecule has 0 spiro atoms. The molecule has 1 amide bonds. The number of nitrogens with one attached hydrogen (secondary N) is 1. The lowest BCUT2D eigenvalue weighted by atomic mass is 10.2. The summed E-state index contributed by atoms with van der Waals surface area (Å²) in [6.45, 7) is 8.98.